The van der Waals surface area contributed by atoms with Crippen LogP contribution in [0.1, 0.15) is 23.5 Å². The molecule has 18 heavy (non-hydrogen) atoms. The van der Waals surface area contributed by atoms with Gasteiger partial charge >= 0.3 is 0 Å². The van der Waals surface area contributed by atoms with Crippen LogP contribution in [0.25, 0.3) is 0 Å². The first kappa shape index (κ1) is 13.5. The summed E-state index contributed by atoms with van der Waals surface area (Å²) >= 11 is 0. The van der Waals surface area contributed by atoms with Crippen LogP contribution in [-0.2, 0) is 9.47 Å². The Balaban J connectivity index is 1.92. The molecule has 0 N–H and O–H groups in total. The topological polar surface area (TPSA) is 21.7 Å². The predicted octanol–water partition coefficient (Wildman–Crippen LogP) is 2.40. The van der Waals surface area contributed by atoms with Crippen LogP contribution in [0, 0.1) is 6.92 Å². The van der Waals surface area contributed by atoms with Crippen LogP contribution >= 0.6 is 0 Å². The molecular weight excluding hydrogens is 226 g/mol. The first-order chi connectivity index (χ1) is 8.72. The Morgan fingerprint density at radius 1 is 1.33 bits per heavy atom. The molecule has 0 bridgehead atoms. The fourth-order valence-corrected chi connectivity index (χ4v) is 2.65. The molecule has 3 heteroatoms. The SMILES string of the molecule is COC(CN1CC[C@H](c2cccc(C)c2)C1)OC. The lowest BCUT2D eigenvalue weighted by atomic mass is 9.97. The fourth-order valence-electron chi connectivity index (χ4n) is 2.65. The number of ether oxygens (including phenoxy) is 2. The maximum Gasteiger partial charge on any atom is 0.169 e. The molecule has 0 saturated carbocycles. The van der Waals surface area contributed by atoms with Gasteiger partial charge < -0.3 is 9.47 Å². The van der Waals surface area contributed by atoms with Crippen molar-refractivity contribution in [3.05, 3.63) is 35.4 Å². The Kier molecular flexibility index (Phi) is 4.75. The van der Waals surface area contributed by atoms with E-state index in [1.165, 1.54) is 17.5 Å². The molecule has 0 radical (unpaired) electrons. The molecule has 0 aliphatic carbocycles. The number of hydrogen-bond acceptors (Lipinski definition) is 3. The van der Waals surface area contributed by atoms with Gasteiger partial charge in [0.25, 0.3) is 0 Å². The molecule has 1 fully saturated rings. The van der Waals surface area contributed by atoms with Crippen LogP contribution in [0.3, 0.4) is 0 Å². The average Bonchev–Trinajstić information content (AvgIpc) is 2.84. The van der Waals surface area contributed by atoms with Gasteiger partial charge in [0.1, 0.15) is 0 Å². The number of likely N-dealkylation sites (tertiary alicyclic amines) is 1. The largest absolute Gasteiger partial charge is 0.355 e. The van der Waals surface area contributed by atoms with Crippen LogP contribution in [-0.4, -0.2) is 45.0 Å². The third-order valence-corrected chi connectivity index (χ3v) is 3.72. The summed E-state index contributed by atoms with van der Waals surface area (Å²) in [5.74, 6) is 0.652. The monoisotopic (exact) mass is 249 g/mol. The van der Waals surface area contributed by atoms with E-state index < -0.39 is 0 Å². The second-order valence-corrected chi connectivity index (χ2v) is 5.06. The molecule has 1 saturated heterocycles. The van der Waals surface area contributed by atoms with Crippen LogP contribution in [0.15, 0.2) is 24.3 Å². The Hall–Kier alpha value is -0.900. The van der Waals surface area contributed by atoms with Gasteiger partial charge in [-0.05, 0) is 31.4 Å². The zero-order chi connectivity index (χ0) is 13.0. The lowest BCUT2D eigenvalue weighted by molar-refractivity contribution is -0.114. The smallest absolute Gasteiger partial charge is 0.169 e. The molecular formula is C15H23NO2. The zero-order valence-corrected chi connectivity index (χ0v) is 11.6. The molecule has 1 aromatic carbocycles. The van der Waals surface area contributed by atoms with Gasteiger partial charge in [0.05, 0.1) is 0 Å². The summed E-state index contributed by atoms with van der Waals surface area (Å²) in [6, 6.07) is 8.85. The molecule has 1 aliphatic heterocycles. The maximum absolute atomic E-state index is 5.26. The van der Waals surface area contributed by atoms with Crippen molar-refractivity contribution in [2.45, 2.75) is 25.6 Å². The molecule has 0 unspecified atom stereocenters. The van der Waals surface area contributed by atoms with Crippen LogP contribution < -0.4 is 0 Å². The normalized spacial score (nSPS) is 20.8. The highest BCUT2D eigenvalue weighted by Crippen LogP contribution is 2.27. The Morgan fingerprint density at radius 3 is 2.78 bits per heavy atom. The Morgan fingerprint density at radius 2 is 2.11 bits per heavy atom. The van der Waals surface area contributed by atoms with Crippen molar-refractivity contribution in [2.75, 3.05) is 33.9 Å². The van der Waals surface area contributed by atoms with Gasteiger partial charge in [-0.15, -0.1) is 0 Å². The van der Waals surface area contributed by atoms with Crippen molar-refractivity contribution < 1.29 is 9.47 Å². The van der Waals surface area contributed by atoms with Gasteiger partial charge in [0, 0.05) is 27.3 Å². The van der Waals surface area contributed by atoms with E-state index in [1.807, 2.05) is 0 Å². The molecule has 100 valence electrons. The molecule has 1 aliphatic rings. The number of rotatable bonds is 5. The summed E-state index contributed by atoms with van der Waals surface area (Å²) in [6.45, 7) is 5.24. The highest BCUT2D eigenvalue weighted by atomic mass is 16.7. The van der Waals surface area contributed by atoms with Crippen molar-refractivity contribution in [2.24, 2.45) is 0 Å². The van der Waals surface area contributed by atoms with Crippen LogP contribution in [0.5, 0.6) is 0 Å². The van der Waals surface area contributed by atoms with E-state index in [0.717, 1.165) is 19.6 Å². The third-order valence-electron chi connectivity index (χ3n) is 3.72. The van der Waals surface area contributed by atoms with Gasteiger partial charge in [0.15, 0.2) is 6.29 Å². The second kappa shape index (κ2) is 6.32. The molecule has 0 spiro atoms. The zero-order valence-electron chi connectivity index (χ0n) is 11.6. The van der Waals surface area contributed by atoms with Crippen molar-refractivity contribution in [3.63, 3.8) is 0 Å². The summed E-state index contributed by atoms with van der Waals surface area (Å²) in [7, 11) is 3.39. The average molecular weight is 249 g/mol. The third kappa shape index (κ3) is 3.31. The first-order valence-electron chi connectivity index (χ1n) is 6.57. The van der Waals surface area contributed by atoms with Crippen LogP contribution in [0.2, 0.25) is 0 Å². The molecule has 1 aromatic rings. The quantitative estimate of drug-likeness (QED) is 0.748. The molecule has 1 heterocycles. The van der Waals surface area contributed by atoms with E-state index in [0.29, 0.717) is 5.92 Å². The van der Waals surface area contributed by atoms with E-state index in [2.05, 4.69) is 36.1 Å². The predicted molar refractivity (Wildman–Crippen MR) is 72.8 cm³/mol. The Bertz CT molecular complexity index is 377. The van der Waals surface area contributed by atoms with E-state index in [1.54, 1.807) is 14.2 Å². The molecule has 2 rings (SSSR count). The number of hydrogen-bond donors (Lipinski definition) is 0. The lowest BCUT2D eigenvalue weighted by Crippen LogP contribution is -2.32. The Labute approximate surface area is 110 Å². The number of methoxy groups -OCH3 is 2. The van der Waals surface area contributed by atoms with Crippen molar-refractivity contribution in [1.82, 2.24) is 4.90 Å². The second-order valence-electron chi connectivity index (χ2n) is 5.06. The summed E-state index contributed by atoms with van der Waals surface area (Å²) in [5.41, 5.74) is 2.81. The highest BCUT2D eigenvalue weighted by molar-refractivity contribution is 5.26. The summed E-state index contributed by atoms with van der Waals surface area (Å²) in [5, 5.41) is 0. The minimum atomic E-state index is -0.110. The number of nitrogens with zero attached hydrogens (tertiary/aromatic N) is 1. The highest BCUT2D eigenvalue weighted by Gasteiger charge is 2.25. The molecule has 1 atom stereocenters. The maximum atomic E-state index is 5.26. The van der Waals surface area contributed by atoms with E-state index >= 15 is 0 Å². The standard InChI is InChI=1S/C15H23NO2/c1-12-5-4-6-13(9-12)14-7-8-16(10-14)11-15(17-2)18-3/h4-6,9,14-15H,7-8,10-11H2,1-3H3/t14-/m0/s1. The van der Waals surface area contributed by atoms with Crippen molar-refractivity contribution in [1.29, 1.82) is 0 Å². The van der Waals surface area contributed by atoms with Crippen molar-refractivity contribution >= 4 is 0 Å². The minimum Gasteiger partial charge on any atom is -0.355 e. The van der Waals surface area contributed by atoms with Gasteiger partial charge in [-0.3, -0.25) is 4.90 Å². The first-order valence-corrected chi connectivity index (χ1v) is 6.57. The number of benzene rings is 1. The van der Waals surface area contributed by atoms with Crippen molar-refractivity contribution in [3.8, 4) is 0 Å². The van der Waals surface area contributed by atoms with E-state index in [-0.39, 0.29) is 6.29 Å². The van der Waals surface area contributed by atoms with Gasteiger partial charge in [-0.2, -0.15) is 0 Å². The lowest BCUT2D eigenvalue weighted by Gasteiger charge is -2.21. The van der Waals surface area contributed by atoms with E-state index in [9.17, 15) is 0 Å². The summed E-state index contributed by atoms with van der Waals surface area (Å²) < 4.78 is 10.5. The van der Waals surface area contributed by atoms with Gasteiger partial charge in [-0.25, -0.2) is 0 Å². The van der Waals surface area contributed by atoms with Gasteiger partial charge in [-0.1, -0.05) is 29.8 Å². The van der Waals surface area contributed by atoms with Gasteiger partial charge in [0.2, 0.25) is 0 Å². The number of aryl methyl sites for hydroxylation is 1. The summed E-state index contributed by atoms with van der Waals surface area (Å²) in [4.78, 5) is 2.42. The molecule has 3 nitrogen and oxygen atoms in total. The van der Waals surface area contributed by atoms with E-state index in [4.69, 9.17) is 9.47 Å². The van der Waals surface area contributed by atoms with Crippen LogP contribution in [0.4, 0.5) is 0 Å². The fraction of sp³-hybridized carbons (Fsp3) is 0.600. The minimum absolute atomic E-state index is 0.110. The molecule has 0 amide bonds. The summed E-state index contributed by atoms with van der Waals surface area (Å²) in [6.07, 6.45) is 1.12. The molecule has 0 aromatic heterocycles.